The van der Waals surface area contributed by atoms with Gasteiger partial charge in [0.15, 0.2) is 0 Å². The van der Waals surface area contributed by atoms with E-state index in [9.17, 15) is 9.90 Å². The molecule has 1 N–H and O–H groups in total. The van der Waals surface area contributed by atoms with E-state index >= 15 is 0 Å². The molecule has 98 valence electrons. The van der Waals surface area contributed by atoms with Crippen LogP contribution in [-0.4, -0.2) is 11.1 Å². The van der Waals surface area contributed by atoms with Gasteiger partial charge in [-0.3, -0.25) is 0 Å². The monoisotopic (exact) mass is 264 g/mol. The van der Waals surface area contributed by atoms with Crippen molar-refractivity contribution in [3.63, 3.8) is 0 Å². The summed E-state index contributed by atoms with van der Waals surface area (Å²) in [4.78, 5) is 11.4. The van der Waals surface area contributed by atoms with Crippen LogP contribution in [0.15, 0.2) is 46.9 Å². The Balaban J connectivity index is 2.10. The van der Waals surface area contributed by atoms with Crippen LogP contribution in [0, 0.1) is 0 Å². The van der Waals surface area contributed by atoms with Gasteiger partial charge in [-0.05, 0) is 17.7 Å². The molecule has 4 rings (SSSR count). The first-order valence-electron chi connectivity index (χ1n) is 6.56. The van der Waals surface area contributed by atoms with E-state index in [1.54, 1.807) is 12.1 Å². The first-order valence-corrected chi connectivity index (χ1v) is 6.56. The minimum Gasteiger partial charge on any atom is -0.478 e. The molecule has 1 atom stereocenters. The molecule has 20 heavy (non-hydrogen) atoms. The quantitative estimate of drug-likeness (QED) is 0.714. The highest BCUT2D eigenvalue weighted by Gasteiger charge is 2.34. The summed E-state index contributed by atoms with van der Waals surface area (Å²) in [5.74, 6) is -0.0316. The summed E-state index contributed by atoms with van der Waals surface area (Å²) in [7, 11) is 0. The molecular weight excluding hydrogens is 252 g/mol. The number of benzene rings is 2. The van der Waals surface area contributed by atoms with Crippen LogP contribution in [0.4, 0.5) is 0 Å². The lowest BCUT2D eigenvalue weighted by atomic mass is 9.93. The third-order valence-corrected chi connectivity index (χ3v) is 4.08. The average molecular weight is 264 g/mol. The maximum absolute atomic E-state index is 11.4. The van der Waals surface area contributed by atoms with Gasteiger partial charge in [-0.1, -0.05) is 37.3 Å². The summed E-state index contributed by atoms with van der Waals surface area (Å²) in [5.41, 5.74) is 4.09. The number of carboxylic acids is 1. The Morgan fingerprint density at radius 3 is 2.70 bits per heavy atom. The van der Waals surface area contributed by atoms with Crippen molar-refractivity contribution < 1.29 is 14.3 Å². The lowest BCUT2D eigenvalue weighted by Gasteiger charge is -2.09. The Morgan fingerprint density at radius 1 is 1.10 bits per heavy atom. The molecule has 3 nitrogen and oxygen atoms in total. The molecule has 1 aliphatic rings. The zero-order chi connectivity index (χ0) is 13.9. The normalized spacial score (nSPS) is 16.1. The summed E-state index contributed by atoms with van der Waals surface area (Å²) >= 11 is 0. The third-order valence-electron chi connectivity index (χ3n) is 4.08. The molecule has 1 aliphatic carbocycles. The van der Waals surface area contributed by atoms with Gasteiger partial charge < -0.3 is 9.52 Å². The summed E-state index contributed by atoms with van der Waals surface area (Å²) in [6.07, 6.45) is 0. The van der Waals surface area contributed by atoms with Gasteiger partial charge in [0.05, 0.1) is 5.56 Å². The third kappa shape index (κ3) is 1.27. The molecule has 1 aromatic heterocycles. The van der Waals surface area contributed by atoms with Crippen molar-refractivity contribution in [2.75, 3.05) is 0 Å². The van der Waals surface area contributed by atoms with Crippen LogP contribution < -0.4 is 0 Å². The van der Waals surface area contributed by atoms with Crippen molar-refractivity contribution in [3.05, 3.63) is 59.2 Å². The zero-order valence-electron chi connectivity index (χ0n) is 10.9. The van der Waals surface area contributed by atoms with Crippen LogP contribution in [0.5, 0.6) is 0 Å². The highest BCUT2D eigenvalue weighted by molar-refractivity contribution is 5.98. The van der Waals surface area contributed by atoms with Crippen molar-refractivity contribution >= 4 is 16.9 Å². The first kappa shape index (κ1) is 11.3. The summed E-state index contributed by atoms with van der Waals surface area (Å²) in [5, 5.41) is 10.4. The smallest absolute Gasteiger partial charge is 0.336 e. The molecule has 0 saturated heterocycles. The molecule has 1 heterocycles. The van der Waals surface area contributed by atoms with Crippen molar-refractivity contribution in [3.8, 4) is 11.3 Å². The molecule has 3 heteroatoms. The van der Waals surface area contributed by atoms with Gasteiger partial charge in [-0.2, -0.15) is 0 Å². The zero-order valence-corrected chi connectivity index (χ0v) is 10.9. The summed E-state index contributed by atoms with van der Waals surface area (Å²) < 4.78 is 5.95. The van der Waals surface area contributed by atoms with Crippen LogP contribution in [-0.2, 0) is 0 Å². The predicted molar refractivity (Wildman–Crippen MR) is 76.1 cm³/mol. The molecule has 2 aromatic carbocycles. The van der Waals surface area contributed by atoms with Crippen LogP contribution in [0.25, 0.3) is 22.3 Å². The maximum Gasteiger partial charge on any atom is 0.336 e. The number of hydrogen-bond donors (Lipinski definition) is 1. The Hall–Kier alpha value is -2.55. The van der Waals surface area contributed by atoms with Gasteiger partial charge in [0.2, 0.25) is 0 Å². The second-order valence-electron chi connectivity index (χ2n) is 5.13. The van der Waals surface area contributed by atoms with Crippen LogP contribution >= 0.6 is 0 Å². The van der Waals surface area contributed by atoms with E-state index < -0.39 is 5.97 Å². The summed E-state index contributed by atoms with van der Waals surface area (Å²) in [6.45, 7) is 2.04. The molecule has 0 radical (unpaired) electrons. The number of carboxylic acid groups (broad SMARTS) is 1. The number of fused-ring (bicyclic) bond motifs is 5. The van der Waals surface area contributed by atoms with Crippen molar-refractivity contribution in [1.29, 1.82) is 0 Å². The maximum atomic E-state index is 11.4. The fourth-order valence-electron chi connectivity index (χ4n) is 3.26. The summed E-state index contributed by atoms with van der Waals surface area (Å²) in [6, 6.07) is 13.3. The molecule has 0 amide bonds. The molecule has 0 fully saturated rings. The van der Waals surface area contributed by atoms with E-state index in [0.717, 1.165) is 33.4 Å². The molecular formula is C17H12O3. The number of rotatable bonds is 1. The Morgan fingerprint density at radius 2 is 1.90 bits per heavy atom. The Kier molecular flexibility index (Phi) is 2.11. The average Bonchev–Trinajstić information content (AvgIpc) is 2.96. The van der Waals surface area contributed by atoms with Gasteiger partial charge in [0, 0.05) is 22.4 Å². The minimum atomic E-state index is -0.886. The molecule has 0 aliphatic heterocycles. The van der Waals surface area contributed by atoms with Crippen molar-refractivity contribution in [2.45, 2.75) is 12.8 Å². The van der Waals surface area contributed by atoms with Crippen molar-refractivity contribution in [1.82, 2.24) is 0 Å². The number of para-hydroxylation sites is 1. The number of furan rings is 1. The van der Waals surface area contributed by atoms with Gasteiger partial charge in [0.25, 0.3) is 0 Å². The lowest BCUT2D eigenvalue weighted by Crippen LogP contribution is -2.03. The molecule has 1 unspecified atom stereocenters. The van der Waals surface area contributed by atoms with E-state index in [2.05, 4.69) is 0 Å². The van der Waals surface area contributed by atoms with Gasteiger partial charge in [-0.25, -0.2) is 4.79 Å². The van der Waals surface area contributed by atoms with E-state index in [-0.39, 0.29) is 5.92 Å². The van der Waals surface area contributed by atoms with E-state index in [1.807, 2.05) is 37.3 Å². The van der Waals surface area contributed by atoms with E-state index in [1.165, 1.54) is 0 Å². The second kappa shape index (κ2) is 3.73. The highest BCUT2D eigenvalue weighted by Crippen LogP contribution is 2.50. The highest BCUT2D eigenvalue weighted by atomic mass is 16.4. The Bertz CT molecular complexity index is 858. The van der Waals surface area contributed by atoms with Gasteiger partial charge in [0.1, 0.15) is 11.3 Å². The fourth-order valence-corrected chi connectivity index (χ4v) is 3.26. The van der Waals surface area contributed by atoms with Crippen LogP contribution in [0.1, 0.15) is 34.3 Å². The molecule has 0 bridgehead atoms. The standard InChI is InChI=1S/C17H12O3/c1-9-14-11(6-4-7-12(14)17(18)19)16-15(9)10-5-2-3-8-13(10)20-16/h2-9H,1H3,(H,18,19). The number of aromatic carboxylic acids is 1. The second-order valence-corrected chi connectivity index (χ2v) is 5.13. The van der Waals surface area contributed by atoms with Crippen LogP contribution in [0.3, 0.4) is 0 Å². The number of hydrogen-bond acceptors (Lipinski definition) is 2. The molecule has 0 spiro atoms. The molecule has 3 aromatic rings. The predicted octanol–water partition coefficient (Wildman–Crippen LogP) is 4.26. The first-order chi connectivity index (χ1) is 9.68. The molecule has 0 saturated carbocycles. The van der Waals surface area contributed by atoms with E-state index in [0.29, 0.717) is 5.56 Å². The Labute approximate surface area is 115 Å². The minimum absolute atomic E-state index is 0.0379. The van der Waals surface area contributed by atoms with Crippen LogP contribution in [0.2, 0.25) is 0 Å². The SMILES string of the molecule is CC1c2c(C(=O)O)cccc2-c2oc3ccccc3c21. The largest absolute Gasteiger partial charge is 0.478 e. The van der Waals surface area contributed by atoms with Crippen molar-refractivity contribution in [2.24, 2.45) is 0 Å². The lowest BCUT2D eigenvalue weighted by molar-refractivity contribution is 0.0695. The van der Waals surface area contributed by atoms with Gasteiger partial charge in [-0.15, -0.1) is 0 Å². The topological polar surface area (TPSA) is 50.4 Å². The van der Waals surface area contributed by atoms with Gasteiger partial charge >= 0.3 is 5.97 Å². The number of carbonyl (C=O) groups is 1. The fraction of sp³-hybridized carbons (Fsp3) is 0.118. The van der Waals surface area contributed by atoms with E-state index in [4.69, 9.17) is 4.42 Å².